The van der Waals surface area contributed by atoms with Crippen molar-refractivity contribution >= 4 is 23.4 Å². The molecular weight excluding hydrogens is 278 g/mol. The molecule has 2 rings (SSSR count). The van der Waals surface area contributed by atoms with Gasteiger partial charge in [0, 0.05) is 13.1 Å². The molecule has 0 aromatic carbocycles. The molecule has 0 spiro atoms. The summed E-state index contributed by atoms with van der Waals surface area (Å²) in [5, 5.41) is 3.96. The van der Waals surface area contributed by atoms with Gasteiger partial charge in [-0.3, -0.25) is 9.59 Å². The monoisotopic (exact) mass is 297 g/mol. The van der Waals surface area contributed by atoms with Crippen LogP contribution in [0.2, 0.25) is 0 Å². The Balaban J connectivity index is 2.05. The second-order valence-electron chi connectivity index (χ2n) is 4.74. The molecule has 1 aliphatic rings. The van der Waals surface area contributed by atoms with E-state index < -0.39 is 0 Å². The van der Waals surface area contributed by atoms with Crippen LogP contribution in [-0.4, -0.2) is 46.1 Å². The molecule has 1 amide bonds. The topological polar surface area (TPSA) is 72.4 Å². The first kappa shape index (κ1) is 14.9. The molecule has 1 aromatic rings. The maximum atomic E-state index is 12.5. The average Bonchev–Trinajstić information content (AvgIpc) is 2.95. The lowest BCUT2D eigenvalue weighted by Gasteiger charge is -2.31. The second-order valence-corrected chi connectivity index (χ2v) is 5.50. The van der Waals surface area contributed by atoms with Crippen LogP contribution < -0.4 is 0 Å². The molecule has 0 N–H and O–H groups in total. The lowest BCUT2D eigenvalue weighted by molar-refractivity contribution is -0.149. The number of carbonyl (C=O) groups is 2. The van der Waals surface area contributed by atoms with Crippen molar-refractivity contribution in [2.45, 2.75) is 33.1 Å². The van der Waals surface area contributed by atoms with Gasteiger partial charge >= 0.3 is 5.97 Å². The van der Waals surface area contributed by atoms with Crippen molar-refractivity contribution in [3.63, 3.8) is 0 Å². The van der Waals surface area contributed by atoms with E-state index in [1.165, 1.54) is 0 Å². The standard InChI is InChI=1S/C13H19N3O3S/c1-3-10-11(20-15-14-10)12(17)16-7-5-6-9(8-16)13(18)19-4-2/h9H,3-8H2,1-2H3. The summed E-state index contributed by atoms with van der Waals surface area (Å²) in [6.07, 6.45) is 2.29. The van der Waals surface area contributed by atoms with Crippen LogP contribution in [-0.2, 0) is 16.0 Å². The third-order valence-electron chi connectivity index (χ3n) is 3.41. The van der Waals surface area contributed by atoms with Crippen molar-refractivity contribution < 1.29 is 14.3 Å². The fraction of sp³-hybridized carbons (Fsp3) is 0.692. The number of hydrogen-bond donors (Lipinski definition) is 0. The fourth-order valence-electron chi connectivity index (χ4n) is 2.36. The number of hydrogen-bond acceptors (Lipinski definition) is 6. The zero-order valence-corrected chi connectivity index (χ0v) is 12.6. The van der Waals surface area contributed by atoms with Gasteiger partial charge in [0.2, 0.25) is 0 Å². The Bertz CT molecular complexity index is 489. The van der Waals surface area contributed by atoms with Crippen LogP contribution >= 0.6 is 11.5 Å². The van der Waals surface area contributed by atoms with Crippen molar-refractivity contribution in [3.8, 4) is 0 Å². The Morgan fingerprint density at radius 2 is 2.25 bits per heavy atom. The van der Waals surface area contributed by atoms with Crippen LogP contribution in [0.3, 0.4) is 0 Å². The fourth-order valence-corrected chi connectivity index (χ4v) is 3.08. The smallest absolute Gasteiger partial charge is 0.310 e. The number of rotatable bonds is 4. The molecule has 0 bridgehead atoms. The number of esters is 1. The highest BCUT2D eigenvalue weighted by Crippen LogP contribution is 2.22. The van der Waals surface area contributed by atoms with Gasteiger partial charge in [-0.1, -0.05) is 11.4 Å². The number of aryl methyl sites for hydroxylation is 1. The summed E-state index contributed by atoms with van der Waals surface area (Å²) < 4.78 is 8.89. The zero-order chi connectivity index (χ0) is 14.5. The minimum absolute atomic E-state index is 0.0640. The summed E-state index contributed by atoms with van der Waals surface area (Å²) >= 11 is 1.13. The van der Waals surface area contributed by atoms with Crippen LogP contribution in [0, 0.1) is 5.92 Å². The summed E-state index contributed by atoms with van der Waals surface area (Å²) in [6.45, 7) is 5.22. The van der Waals surface area contributed by atoms with Gasteiger partial charge in [0.25, 0.3) is 5.91 Å². The van der Waals surface area contributed by atoms with E-state index in [4.69, 9.17) is 4.74 Å². The predicted octanol–water partition coefficient (Wildman–Crippen LogP) is 1.52. The van der Waals surface area contributed by atoms with Crippen LogP contribution in [0.5, 0.6) is 0 Å². The van der Waals surface area contributed by atoms with Gasteiger partial charge in [0.1, 0.15) is 4.88 Å². The molecule has 1 atom stereocenters. The highest BCUT2D eigenvalue weighted by molar-refractivity contribution is 7.08. The van der Waals surface area contributed by atoms with Gasteiger partial charge in [-0.25, -0.2) is 0 Å². The van der Waals surface area contributed by atoms with Crippen LogP contribution in [0.25, 0.3) is 0 Å². The molecule has 110 valence electrons. The molecular formula is C13H19N3O3S. The van der Waals surface area contributed by atoms with E-state index in [9.17, 15) is 9.59 Å². The molecule has 2 heterocycles. The molecule has 1 unspecified atom stereocenters. The minimum Gasteiger partial charge on any atom is -0.466 e. The first-order valence-electron chi connectivity index (χ1n) is 6.94. The molecule has 0 radical (unpaired) electrons. The summed E-state index contributed by atoms with van der Waals surface area (Å²) in [5.41, 5.74) is 0.734. The molecule has 1 fully saturated rings. The second kappa shape index (κ2) is 6.78. The Hall–Kier alpha value is -1.50. The van der Waals surface area contributed by atoms with Crippen molar-refractivity contribution in [1.82, 2.24) is 14.5 Å². The van der Waals surface area contributed by atoms with Gasteiger partial charge in [-0.05, 0) is 37.7 Å². The van der Waals surface area contributed by atoms with Crippen molar-refractivity contribution in [3.05, 3.63) is 10.6 Å². The molecule has 0 saturated carbocycles. The van der Waals surface area contributed by atoms with E-state index in [0.29, 0.717) is 31.0 Å². The van der Waals surface area contributed by atoms with Crippen LogP contribution in [0.15, 0.2) is 0 Å². The van der Waals surface area contributed by atoms with E-state index in [0.717, 1.165) is 30.1 Å². The van der Waals surface area contributed by atoms with Crippen molar-refractivity contribution in [2.75, 3.05) is 19.7 Å². The van der Waals surface area contributed by atoms with Crippen molar-refractivity contribution in [1.29, 1.82) is 0 Å². The highest BCUT2D eigenvalue weighted by atomic mass is 32.1. The molecule has 1 saturated heterocycles. The minimum atomic E-state index is -0.210. The van der Waals surface area contributed by atoms with Gasteiger partial charge < -0.3 is 9.64 Å². The van der Waals surface area contributed by atoms with E-state index in [1.54, 1.807) is 11.8 Å². The van der Waals surface area contributed by atoms with E-state index in [-0.39, 0.29) is 17.8 Å². The molecule has 6 nitrogen and oxygen atoms in total. The first-order valence-corrected chi connectivity index (χ1v) is 7.71. The summed E-state index contributed by atoms with van der Waals surface area (Å²) in [7, 11) is 0. The lowest BCUT2D eigenvalue weighted by Crippen LogP contribution is -2.42. The van der Waals surface area contributed by atoms with Gasteiger partial charge in [-0.15, -0.1) is 5.10 Å². The van der Waals surface area contributed by atoms with E-state index in [2.05, 4.69) is 9.59 Å². The van der Waals surface area contributed by atoms with Crippen molar-refractivity contribution in [2.24, 2.45) is 5.92 Å². The Morgan fingerprint density at radius 3 is 2.95 bits per heavy atom. The Labute approximate surface area is 122 Å². The highest BCUT2D eigenvalue weighted by Gasteiger charge is 2.31. The quantitative estimate of drug-likeness (QED) is 0.788. The largest absolute Gasteiger partial charge is 0.466 e. The predicted molar refractivity (Wildman–Crippen MR) is 74.5 cm³/mol. The summed E-state index contributed by atoms with van der Waals surface area (Å²) in [6, 6.07) is 0. The maximum Gasteiger partial charge on any atom is 0.310 e. The molecule has 1 aromatic heterocycles. The normalized spacial score (nSPS) is 18.9. The third kappa shape index (κ3) is 3.15. The van der Waals surface area contributed by atoms with E-state index >= 15 is 0 Å². The number of piperidine rings is 1. The van der Waals surface area contributed by atoms with Gasteiger partial charge in [0.15, 0.2) is 0 Å². The third-order valence-corrected chi connectivity index (χ3v) is 4.17. The molecule has 7 heteroatoms. The number of aromatic nitrogens is 2. The molecule has 20 heavy (non-hydrogen) atoms. The SMILES string of the molecule is CCOC(=O)C1CCCN(C(=O)c2snnc2CC)C1. The maximum absolute atomic E-state index is 12.5. The zero-order valence-electron chi connectivity index (χ0n) is 11.8. The number of ether oxygens (including phenoxy) is 1. The number of nitrogens with zero attached hydrogens (tertiary/aromatic N) is 3. The molecule has 1 aliphatic heterocycles. The average molecular weight is 297 g/mol. The number of carbonyl (C=O) groups excluding carboxylic acids is 2. The number of likely N-dealkylation sites (tertiary alicyclic amines) is 1. The van der Waals surface area contributed by atoms with Crippen LogP contribution in [0.4, 0.5) is 0 Å². The van der Waals surface area contributed by atoms with Crippen LogP contribution in [0.1, 0.15) is 42.1 Å². The summed E-state index contributed by atoms with van der Waals surface area (Å²) in [5.74, 6) is -0.479. The first-order chi connectivity index (χ1) is 9.67. The van der Waals surface area contributed by atoms with E-state index in [1.807, 2.05) is 6.92 Å². The Morgan fingerprint density at radius 1 is 1.45 bits per heavy atom. The van der Waals surface area contributed by atoms with Gasteiger partial charge in [-0.2, -0.15) is 0 Å². The number of amides is 1. The summed E-state index contributed by atoms with van der Waals surface area (Å²) in [4.78, 5) is 26.6. The van der Waals surface area contributed by atoms with Gasteiger partial charge in [0.05, 0.1) is 18.2 Å². The molecule has 0 aliphatic carbocycles. The Kier molecular flexibility index (Phi) is 5.05. The lowest BCUT2D eigenvalue weighted by atomic mass is 9.98.